The van der Waals surface area contributed by atoms with Crippen molar-refractivity contribution >= 4 is 12.6 Å². The molecule has 0 amide bonds. The SMILES string of the molecule is C=CCC(N)c1ccccc1S. The van der Waals surface area contributed by atoms with Crippen LogP contribution < -0.4 is 5.73 Å². The zero-order chi connectivity index (χ0) is 8.97. The first-order valence-corrected chi connectivity index (χ1v) is 4.34. The minimum atomic E-state index is 0.0243. The lowest BCUT2D eigenvalue weighted by atomic mass is 10.1. The fraction of sp³-hybridized carbons (Fsp3) is 0.200. The predicted molar refractivity (Wildman–Crippen MR) is 55.4 cm³/mol. The Bertz CT molecular complexity index is 270. The minimum Gasteiger partial charge on any atom is -0.324 e. The average Bonchev–Trinajstić information content (AvgIpc) is 2.05. The molecule has 1 aromatic carbocycles. The third-order valence-electron chi connectivity index (χ3n) is 1.76. The number of hydrogen-bond donors (Lipinski definition) is 2. The lowest BCUT2D eigenvalue weighted by molar-refractivity contribution is 0.727. The van der Waals surface area contributed by atoms with Gasteiger partial charge < -0.3 is 5.73 Å². The lowest BCUT2D eigenvalue weighted by Gasteiger charge is -2.11. The summed E-state index contributed by atoms with van der Waals surface area (Å²) in [6, 6.07) is 7.89. The van der Waals surface area contributed by atoms with Gasteiger partial charge >= 0.3 is 0 Å². The summed E-state index contributed by atoms with van der Waals surface area (Å²) in [5, 5.41) is 0. The maximum Gasteiger partial charge on any atom is 0.0340 e. The quantitative estimate of drug-likeness (QED) is 0.541. The van der Waals surface area contributed by atoms with E-state index in [1.54, 1.807) is 0 Å². The second kappa shape index (κ2) is 4.33. The molecule has 0 aromatic heterocycles. The highest BCUT2D eigenvalue weighted by Crippen LogP contribution is 2.21. The standard InChI is InChI=1S/C10H13NS/c1-2-5-9(11)8-6-3-4-7-10(8)12/h2-4,6-7,9,12H,1,5,11H2. The van der Waals surface area contributed by atoms with Crippen molar-refractivity contribution in [2.45, 2.75) is 17.4 Å². The van der Waals surface area contributed by atoms with Gasteiger partial charge in [-0.2, -0.15) is 0 Å². The molecule has 0 bridgehead atoms. The molecule has 0 spiro atoms. The van der Waals surface area contributed by atoms with Gasteiger partial charge in [0, 0.05) is 10.9 Å². The van der Waals surface area contributed by atoms with E-state index in [4.69, 9.17) is 5.73 Å². The van der Waals surface area contributed by atoms with Crippen LogP contribution >= 0.6 is 12.6 Å². The van der Waals surface area contributed by atoms with E-state index in [0.29, 0.717) is 0 Å². The molecule has 2 N–H and O–H groups in total. The van der Waals surface area contributed by atoms with Gasteiger partial charge in [0.1, 0.15) is 0 Å². The predicted octanol–water partition coefficient (Wildman–Crippen LogP) is 2.55. The topological polar surface area (TPSA) is 26.0 Å². The Hall–Kier alpha value is -0.730. The Morgan fingerprint density at radius 3 is 2.75 bits per heavy atom. The summed E-state index contributed by atoms with van der Waals surface area (Å²) in [5.74, 6) is 0. The molecule has 0 radical (unpaired) electrons. The van der Waals surface area contributed by atoms with Crippen molar-refractivity contribution in [3.05, 3.63) is 42.5 Å². The third-order valence-corrected chi connectivity index (χ3v) is 2.16. The lowest BCUT2D eigenvalue weighted by Crippen LogP contribution is -2.09. The van der Waals surface area contributed by atoms with Gasteiger partial charge in [-0.3, -0.25) is 0 Å². The number of nitrogens with two attached hydrogens (primary N) is 1. The van der Waals surface area contributed by atoms with Crippen molar-refractivity contribution in [1.29, 1.82) is 0 Å². The third kappa shape index (κ3) is 2.13. The summed E-state index contributed by atoms with van der Waals surface area (Å²) >= 11 is 4.32. The van der Waals surface area contributed by atoms with Crippen LogP contribution in [0.1, 0.15) is 18.0 Å². The van der Waals surface area contributed by atoms with Crippen molar-refractivity contribution in [1.82, 2.24) is 0 Å². The van der Waals surface area contributed by atoms with Gasteiger partial charge in [-0.15, -0.1) is 19.2 Å². The molecule has 1 rings (SSSR count). The second-order valence-corrected chi connectivity index (χ2v) is 3.17. The molecule has 1 nitrogen and oxygen atoms in total. The summed E-state index contributed by atoms with van der Waals surface area (Å²) in [7, 11) is 0. The molecule has 0 saturated heterocycles. The van der Waals surface area contributed by atoms with Crippen LogP contribution in [-0.2, 0) is 0 Å². The van der Waals surface area contributed by atoms with Crippen LogP contribution in [0.25, 0.3) is 0 Å². The fourth-order valence-corrected chi connectivity index (χ4v) is 1.43. The second-order valence-electron chi connectivity index (χ2n) is 2.69. The Labute approximate surface area is 78.7 Å². The molecule has 0 heterocycles. The average molecular weight is 179 g/mol. The van der Waals surface area contributed by atoms with E-state index in [1.165, 1.54) is 0 Å². The van der Waals surface area contributed by atoms with Crippen molar-refractivity contribution < 1.29 is 0 Å². The zero-order valence-corrected chi connectivity index (χ0v) is 7.80. The summed E-state index contributed by atoms with van der Waals surface area (Å²) in [6.45, 7) is 3.65. The first kappa shape index (κ1) is 9.36. The molecule has 1 unspecified atom stereocenters. The minimum absolute atomic E-state index is 0.0243. The number of rotatable bonds is 3. The van der Waals surface area contributed by atoms with E-state index in [0.717, 1.165) is 16.9 Å². The first-order valence-electron chi connectivity index (χ1n) is 3.90. The van der Waals surface area contributed by atoms with Gasteiger partial charge in [0.05, 0.1) is 0 Å². The highest BCUT2D eigenvalue weighted by Gasteiger charge is 2.05. The van der Waals surface area contributed by atoms with E-state index in [2.05, 4.69) is 19.2 Å². The van der Waals surface area contributed by atoms with Crippen LogP contribution in [0.4, 0.5) is 0 Å². The smallest absolute Gasteiger partial charge is 0.0340 e. The van der Waals surface area contributed by atoms with E-state index in [9.17, 15) is 0 Å². The van der Waals surface area contributed by atoms with Gasteiger partial charge in [-0.25, -0.2) is 0 Å². The van der Waals surface area contributed by atoms with Crippen LogP contribution in [0.2, 0.25) is 0 Å². The molecule has 0 aliphatic carbocycles. The molecule has 0 saturated carbocycles. The van der Waals surface area contributed by atoms with Gasteiger partial charge in [0.15, 0.2) is 0 Å². The van der Waals surface area contributed by atoms with Crippen LogP contribution in [0.5, 0.6) is 0 Å². The van der Waals surface area contributed by atoms with Crippen LogP contribution in [-0.4, -0.2) is 0 Å². The summed E-state index contributed by atoms with van der Waals surface area (Å²) in [5.41, 5.74) is 6.97. The van der Waals surface area contributed by atoms with Crippen LogP contribution in [0.15, 0.2) is 41.8 Å². The van der Waals surface area contributed by atoms with Gasteiger partial charge in [0.25, 0.3) is 0 Å². The largest absolute Gasteiger partial charge is 0.324 e. The van der Waals surface area contributed by atoms with Crippen molar-refractivity contribution in [2.75, 3.05) is 0 Å². The Morgan fingerprint density at radius 1 is 1.50 bits per heavy atom. The zero-order valence-electron chi connectivity index (χ0n) is 6.90. The molecule has 2 heteroatoms. The Balaban J connectivity index is 2.86. The molecular weight excluding hydrogens is 166 g/mol. The van der Waals surface area contributed by atoms with E-state index in [1.807, 2.05) is 30.3 Å². The normalized spacial score (nSPS) is 12.5. The fourth-order valence-electron chi connectivity index (χ4n) is 1.11. The molecule has 1 atom stereocenters. The molecule has 64 valence electrons. The molecule has 0 aliphatic heterocycles. The molecule has 0 fully saturated rings. The van der Waals surface area contributed by atoms with E-state index < -0.39 is 0 Å². The van der Waals surface area contributed by atoms with Crippen LogP contribution in [0, 0.1) is 0 Å². The Morgan fingerprint density at radius 2 is 2.17 bits per heavy atom. The number of benzene rings is 1. The molecule has 1 aromatic rings. The van der Waals surface area contributed by atoms with Gasteiger partial charge in [-0.1, -0.05) is 24.3 Å². The highest BCUT2D eigenvalue weighted by atomic mass is 32.1. The summed E-state index contributed by atoms with van der Waals surface area (Å²) in [4.78, 5) is 0.951. The van der Waals surface area contributed by atoms with E-state index in [-0.39, 0.29) is 6.04 Å². The van der Waals surface area contributed by atoms with E-state index >= 15 is 0 Å². The molecule has 12 heavy (non-hydrogen) atoms. The monoisotopic (exact) mass is 179 g/mol. The Kier molecular flexibility index (Phi) is 3.38. The maximum absolute atomic E-state index is 5.89. The number of hydrogen-bond acceptors (Lipinski definition) is 2. The van der Waals surface area contributed by atoms with Gasteiger partial charge in [-0.05, 0) is 18.1 Å². The summed E-state index contributed by atoms with van der Waals surface area (Å²) in [6.07, 6.45) is 2.61. The summed E-state index contributed by atoms with van der Waals surface area (Å²) < 4.78 is 0. The number of thiol groups is 1. The molecular formula is C10H13NS. The maximum atomic E-state index is 5.89. The van der Waals surface area contributed by atoms with Gasteiger partial charge in [0.2, 0.25) is 0 Å². The van der Waals surface area contributed by atoms with Crippen molar-refractivity contribution in [3.63, 3.8) is 0 Å². The van der Waals surface area contributed by atoms with Crippen LogP contribution in [0.3, 0.4) is 0 Å². The molecule has 0 aliphatic rings. The van der Waals surface area contributed by atoms with Crippen molar-refractivity contribution in [3.8, 4) is 0 Å². The highest BCUT2D eigenvalue weighted by molar-refractivity contribution is 7.80. The first-order chi connectivity index (χ1) is 5.75. The van der Waals surface area contributed by atoms with Crippen molar-refractivity contribution in [2.24, 2.45) is 5.73 Å².